The molecule has 0 aliphatic heterocycles. The van der Waals surface area contributed by atoms with E-state index in [1.165, 1.54) is 0 Å². The average Bonchev–Trinajstić information content (AvgIpc) is 3.05. The van der Waals surface area contributed by atoms with E-state index in [0.29, 0.717) is 5.69 Å². The van der Waals surface area contributed by atoms with Crippen molar-refractivity contribution in [3.63, 3.8) is 0 Å². The van der Waals surface area contributed by atoms with Gasteiger partial charge in [-0.3, -0.25) is 9.48 Å². The van der Waals surface area contributed by atoms with Crippen molar-refractivity contribution in [2.24, 2.45) is 0 Å². The molecule has 0 aliphatic carbocycles. The molecule has 5 nitrogen and oxygen atoms in total. The van der Waals surface area contributed by atoms with E-state index in [9.17, 15) is 9.90 Å². The Hall–Kier alpha value is -2.14. The van der Waals surface area contributed by atoms with Crippen LogP contribution in [0.3, 0.4) is 0 Å². The van der Waals surface area contributed by atoms with E-state index < -0.39 is 6.04 Å². The highest BCUT2D eigenvalue weighted by atomic mass is 16.3. The summed E-state index contributed by atoms with van der Waals surface area (Å²) < 4.78 is 1.81. The number of benzene rings is 1. The normalized spacial score (nSPS) is 12.8. The lowest BCUT2D eigenvalue weighted by molar-refractivity contribution is 0.0905. The lowest BCUT2D eigenvalue weighted by Gasteiger charge is -2.17. The summed E-state index contributed by atoms with van der Waals surface area (Å²) in [5.41, 5.74) is 2.22. The molecule has 0 aliphatic rings. The summed E-state index contributed by atoms with van der Waals surface area (Å²) in [6.45, 7) is 9.01. The van der Waals surface area contributed by atoms with Gasteiger partial charge in [0.1, 0.15) is 5.69 Å². The SMILES string of the molecule is CCCCCn1nc(C(C)(C)C)cc1C(=O)N[C@@H](CO)c1ccccc1. The van der Waals surface area contributed by atoms with Gasteiger partial charge < -0.3 is 10.4 Å². The van der Waals surface area contributed by atoms with Gasteiger partial charge in [-0.25, -0.2) is 0 Å². The largest absolute Gasteiger partial charge is 0.394 e. The molecule has 1 heterocycles. The predicted octanol–water partition coefficient (Wildman–Crippen LogP) is 3.83. The quantitative estimate of drug-likeness (QED) is 0.706. The van der Waals surface area contributed by atoms with Gasteiger partial charge in [-0.2, -0.15) is 5.10 Å². The van der Waals surface area contributed by atoms with E-state index in [2.05, 4.69) is 38.1 Å². The van der Waals surface area contributed by atoms with Crippen LogP contribution in [0, 0.1) is 0 Å². The van der Waals surface area contributed by atoms with Crippen LogP contribution in [-0.2, 0) is 12.0 Å². The molecule has 1 aromatic carbocycles. The van der Waals surface area contributed by atoms with Gasteiger partial charge >= 0.3 is 0 Å². The third-order valence-electron chi connectivity index (χ3n) is 4.44. The maximum atomic E-state index is 12.9. The second-order valence-electron chi connectivity index (χ2n) is 7.71. The monoisotopic (exact) mass is 357 g/mol. The van der Waals surface area contributed by atoms with Crippen LogP contribution in [0.25, 0.3) is 0 Å². The van der Waals surface area contributed by atoms with Crippen LogP contribution >= 0.6 is 0 Å². The summed E-state index contributed by atoms with van der Waals surface area (Å²) in [5, 5.41) is 17.3. The lowest BCUT2D eigenvalue weighted by Crippen LogP contribution is -2.32. The first kappa shape index (κ1) is 20.2. The molecule has 0 bridgehead atoms. The summed E-state index contributed by atoms with van der Waals surface area (Å²) in [4.78, 5) is 12.9. The number of aryl methyl sites for hydroxylation is 1. The fourth-order valence-corrected chi connectivity index (χ4v) is 2.80. The van der Waals surface area contributed by atoms with Crippen molar-refractivity contribution in [2.75, 3.05) is 6.61 Å². The molecule has 0 spiro atoms. The van der Waals surface area contributed by atoms with Crippen LogP contribution in [0.2, 0.25) is 0 Å². The Morgan fingerprint density at radius 2 is 1.92 bits per heavy atom. The van der Waals surface area contributed by atoms with Crippen molar-refractivity contribution in [3.05, 3.63) is 53.3 Å². The topological polar surface area (TPSA) is 67.2 Å². The molecule has 1 aromatic heterocycles. The van der Waals surface area contributed by atoms with Gasteiger partial charge in [0.25, 0.3) is 5.91 Å². The van der Waals surface area contributed by atoms with Crippen molar-refractivity contribution >= 4 is 5.91 Å². The molecule has 0 radical (unpaired) electrons. The number of amides is 1. The Kier molecular flexibility index (Phi) is 6.98. The molecule has 5 heteroatoms. The molecule has 2 N–H and O–H groups in total. The first-order valence-electron chi connectivity index (χ1n) is 9.41. The highest BCUT2D eigenvalue weighted by molar-refractivity contribution is 5.93. The van der Waals surface area contributed by atoms with Crippen LogP contribution in [0.4, 0.5) is 0 Å². The van der Waals surface area contributed by atoms with Crippen molar-refractivity contribution < 1.29 is 9.90 Å². The number of unbranched alkanes of at least 4 members (excludes halogenated alkanes) is 2. The average molecular weight is 357 g/mol. The second kappa shape index (κ2) is 8.99. The Balaban J connectivity index is 2.23. The highest BCUT2D eigenvalue weighted by Gasteiger charge is 2.24. The smallest absolute Gasteiger partial charge is 0.270 e. The van der Waals surface area contributed by atoms with Crippen LogP contribution in [0.15, 0.2) is 36.4 Å². The molecule has 26 heavy (non-hydrogen) atoms. The second-order valence-corrected chi connectivity index (χ2v) is 7.71. The molecule has 0 saturated carbocycles. The van der Waals surface area contributed by atoms with E-state index >= 15 is 0 Å². The zero-order valence-electron chi connectivity index (χ0n) is 16.3. The van der Waals surface area contributed by atoms with Crippen LogP contribution in [-0.4, -0.2) is 27.4 Å². The van der Waals surface area contributed by atoms with Crippen molar-refractivity contribution in [1.82, 2.24) is 15.1 Å². The fourth-order valence-electron chi connectivity index (χ4n) is 2.80. The molecular weight excluding hydrogens is 326 g/mol. The number of hydrogen-bond acceptors (Lipinski definition) is 3. The summed E-state index contributed by atoms with van der Waals surface area (Å²) >= 11 is 0. The van der Waals surface area contributed by atoms with Crippen molar-refractivity contribution in [2.45, 2.75) is 65.0 Å². The Morgan fingerprint density at radius 3 is 2.50 bits per heavy atom. The van der Waals surface area contributed by atoms with E-state index in [1.54, 1.807) is 0 Å². The highest BCUT2D eigenvalue weighted by Crippen LogP contribution is 2.23. The number of aliphatic hydroxyl groups is 1. The van der Waals surface area contributed by atoms with Gasteiger partial charge in [0, 0.05) is 12.0 Å². The molecule has 0 unspecified atom stereocenters. The van der Waals surface area contributed by atoms with Gasteiger partial charge in [0.05, 0.1) is 18.3 Å². The van der Waals surface area contributed by atoms with Gasteiger partial charge in [0.15, 0.2) is 0 Å². The minimum absolute atomic E-state index is 0.124. The van der Waals surface area contributed by atoms with Gasteiger partial charge in [0.2, 0.25) is 0 Å². The van der Waals surface area contributed by atoms with E-state index in [-0.39, 0.29) is 17.9 Å². The summed E-state index contributed by atoms with van der Waals surface area (Å²) in [5.74, 6) is -0.201. The van der Waals surface area contributed by atoms with Crippen LogP contribution in [0.1, 0.15) is 74.7 Å². The maximum Gasteiger partial charge on any atom is 0.270 e. The molecule has 0 fully saturated rings. The third-order valence-corrected chi connectivity index (χ3v) is 4.44. The Labute approximate surface area is 156 Å². The number of aliphatic hydroxyl groups excluding tert-OH is 1. The number of aromatic nitrogens is 2. The molecule has 2 aromatic rings. The van der Waals surface area contributed by atoms with E-state index in [4.69, 9.17) is 0 Å². The fraction of sp³-hybridized carbons (Fsp3) is 0.524. The first-order valence-corrected chi connectivity index (χ1v) is 9.41. The van der Waals surface area contributed by atoms with E-state index in [1.807, 2.05) is 41.1 Å². The number of carbonyl (C=O) groups is 1. The lowest BCUT2D eigenvalue weighted by atomic mass is 9.92. The third kappa shape index (κ3) is 5.18. The van der Waals surface area contributed by atoms with Crippen molar-refractivity contribution in [3.8, 4) is 0 Å². The standard InChI is InChI=1S/C21H31N3O2/c1-5-6-10-13-24-18(14-19(23-24)21(2,3)4)20(26)22-17(15-25)16-11-8-7-9-12-16/h7-9,11-12,14,17,25H,5-6,10,13,15H2,1-4H3,(H,22,26)/t17-/m0/s1. The molecule has 0 saturated heterocycles. The zero-order chi connectivity index (χ0) is 19.2. The number of rotatable bonds is 8. The minimum Gasteiger partial charge on any atom is -0.394 e. The number of nitrogens with zero attached hydrogens (tertiary/aromatic N) is 2. The van der Waals surface area contributed by atoms with Gasteiger partial charge in [-0.15, -0.1) is 0 Å². The summed E-state index contributed by atoms with van der Waals surface area (Å²) in [7, 11) is 0. The molecule has 1 amide bonds. The summed E-state index contributed by atoms with van der Waals surface area (Å²) in [6.07, 6.45) is 3.22. The van der Waals surface area contributed by atoms with E-state index in [0.717, 1.165) is 37.1 Å². The molecule has 2 rings (SSSR count). The van der Waals surface area contributed by atoms with Crippen molar-refractivity contribution in [1.29, 1.82) is 0 Å². The minimum atomic E-state index is -0.430. The number of nitrogens with one attached hydrogen (secondary N) is 1. The molecular formula is C21H31N3O2. The predicted molar refractivity (Wildman–Crippen MR) is 104 cm³/mol. The Bertz CT molecular complexity index is 702. The molecule has 1 atom stereocenters. The first-order chi connectivity index (χ1) is 12.4. The maximum absolute atomic E-state index is 12.9. The number of carbonyl (C=O) groups excluding carboxylic acids is 1. The number of hydrogen-bond donors (Lipinski definition) is 2. The van der Waals surface area contributed by atoms with Crippen LogP contribution in [0.5, 0.6) is 0 Å². The van der Waals surface area contributed by atoms with Crippen LogP contribution < -0.4 is 5.32 Å². The van der Waals surface area contributed by atoms with Gasteiger partial charge in [-0.1, -0.05) is 70.9 Å². The zero-order valence-corrected chi connectivity index (χ0v) is 16.3. The summed E-state index contributed by atoms with van der Waals surface area (Å²) in [6, 6.07) is 11.0. The van der Waals surface area contributed by atoms with Gasteiger partial charge in [-0.05, 0) is 18.1 Å². The Morgan fingerprint density at radius 1 is 1.23 bits per heavy atom. The molecule has 142 valence electrons.